The van der Waals surface area contributed by atoms with E-state index in [1.165, 1.54) is 16.2 Å². The molecule has 0 aliphatic rings. The van der Waals surface area contributed by atoms with Crippen LogP contribution in [0.3, 0.4) is 0 Å². The van der Waals surface area contributed by atoms with Crippen LogP contribution in [0.5, 0.6) is 0 Å². The van der Waals surface area contributed by atoms with Crippen molar-refractivity contribution < 1.29 is 4.79 Å². The minimum Gasteiger partial charge on any atom is -0.343 e. The summed E-state index contributed by atoms with van der Waals surface area (Å²) >= 11 is 4.87. The van der Waals surface area contributed by atoms with Crippen molar-refractivity contribution >= 4 is 33.2 Å². The summed E-state index contributed by atoms with van der Waals surface area (Å²) in [6.07, 6.45) is 0. The summed E-state index contributed by atoms with van der Waals surface area (Å²) < 4.78 is 1.02. The third-order valence-electron chi connectivity index (χ3n) is 2.28. The second-order valence-electron chi connectivity index (χ2n) is 3.74. The van der Waals surface area contributed by atoms with Crippen molar-refractivity contribution in [3.05, 3.63) is 39.9 Å². The molecule has 0 N–H and O–H groups in total. The Morgan fingerprint density at radius 2 is 1.94 bits per heavy atom. The highest BCUT2D eigenvalue weighted by Crippen LogP contribution is 2.29. The van der Waals surface area contributed by atoms with E-state index in [0.29, 0.717) is 5.69 Å². The topological polar surface area (TPSA) is 33.2 Å². The maximum absolute atomic E-state index is 11.9. The standard InChI is InChI=1S/C12H11BrN2OS/c1-15(2)12(16)10-11(17-7-14-10)8-3-5-9(13)6-4-8/h3-7H,1-2H3. The van der Waals surface area contributed by atoms with Crippen LogP contribution in [-0.2, 0) is 0 Å². The van der Waals surface area contributed by atoms with E-state index in [9.17, 15) is 4.79 Å². The molecule has 17 heavy (non-hydrogen) atoms. The fourth-order valence-corrected chi connectivity index (χ4v) is 2.47. The number of carbonyl (C=O) groups excluding carboxylic acids is 1. The lowest BCUT2D eigenvalue weighted by atomic mass is 10.1. The Hall–Kier alpha value is -1.20. The van der Waals surface area contributed by atoms with Crippen LogP contribution in [0.1, 0.15) is 10.5 Å². The smallest absolute Gasteiger partial charge is 0.273 e. The van der Waals surface area contributed by atoms with Crippen LogP contribution in [0.2, 0.25) is 0 Å². The van der Waals surface area contributed by atoms with Gasteiger partial charge in [0.25, 0.3) is 5.91 Å². The zero-order valence-corrected chi connectivity index (χ0v) is 11.9. The Kier molecular flexibility index (Phi) is 3.59. The Morgan fingerprint density at radius 1 is 1.29 bits per heavy atom. The number of rotatable bonds is 2. The molecule has 0 saturated heterocycles. The molecule has 0 radical (unpaired) electrons. The molecule has 1 amide bonds. The zero-order chi connectivity index (χ0) is 12.4. The van der Waals surface area contributed by atoms with E-state index in [1.54, 1.807) is 19.6 Å². The molecule has 5 heteroatoms. The van der Waals surface area contributed by atoms with E-state index >= 15 is 0 Å². The zero-order valence-electron chi connectivity index (χ0n) is 9.48. The van der Waals surface area contributed by atoms with Gasteiger partial charge in [-0.3, -0.25) is 4.79 Å². The molecule has 3 nitrogen and oxygen atoms in total. The van der Waals surface area contributed by atoms with Gasteiger partial charge in [-0.1, -0.05) is 28.1 Å². The van der Waals surface area contributed by atoms with E-state index in [1.807, 2.05) is 24.3 Å². The lowest BCUT2D eigenvalue weighted by Gasteiger charge is -2.09. The molecule has 2 aromatic rings. The quantitative estimate of drug-likeness (QED) is 0.853. The molecule has 0 spiro atoms. The fraction of sp³-hybridized carbons (Fsp3) is 0.167. The number of hydrogen-bond acceptors (Lipinski definition) is 3. The highest BCUT2D eigenvalue weighted by atomic mass is 79.9. The summed E-state index contributed by atoms with van der Waals surface area (Å²) in [5, 5.41) is 0. The molecule has 1 aromatic heterocycles. The number of hydrogen-bond donors (Lipinski definition) is 0. The Balaban J connectivity index is 2.43. The number of carbonyl (C=O) groups is 1. The minimum absolute atomic E-state index is 0.0656. The van der Waals surface area contributed by atoms with E-state index in [-0.39, 0.29) is 5.91 Å². The number of aromatic nitrogens is 1. The minimum atomic E-state index is -0.0656. The number of thiazole rings is 1. The van der Waals surface area contributed by atoms with E-state index < -0.39 is 0 Å². The number of benzene rings is 1. The second-order valence-corrected chi connectivity index (χ2v) is 5.51. The first kappa shape index (κ1) is 12.3. The van der Waals surface area contributed by atoms with Crippen molar-refractivity contribution in [3.8, 4) is 10.4 Å². The molecule has 0 bridgehead atoms. The Morgan fingerprint density at radius 3 is 2.53 bits per heavy atom. The summed E-state index contributed by atoms with van der Waals surface area (Å²) in [6.45, 7) is 0. The molecule has 1 aromatic carbocycles. The largest absolute Gasteiger partial charge is 0.343 e. The molecule has 0 unspecified atom stereocenters. The molecule has 1 heterocycles. The van der Waals surface area contributed by atoms with Crippen LogP contribution < -0.4 is 0 Å². The highest BCUT2D eigenvalue weighted by Gasteiger charge is 2.17. The van der Waals surface area contributed by atoms with Crippen molar-refractivity contribution in [3.63, 3.8) is 0 Å². The van der Waals surface area contributed by atoms with Gasteiger partial charge < -0.3 is 4.90 Å². The van der Waals surface area contributed by atoms with E-state index in [4.69, 9.17) is 0 Å². The molecule has 0 fully saturated rings. The first-order valence-electron chi connectivity index (χ1n) is 5.00. The average Bonchev–Trinajstić information content (AvgIpc) is 2.77. The van der Waals surface area contributed by atoms with Crippen molar-refractivity contribution in [2.24, 2.45) is 0 Å². The van der Waals surface area contributed by atoms with Gasteiger partial charge in [0.15, 0.2) is 0 Å². The van der Waals surface area contributed by atoms with Gasteiger partial charge in [0.2, 0.25) is 0 Å². The molecule has 0 atom stereocenters. The molecule has 0 aliphatic heterocycles. The molecule has 2 rings (SSSR count). The van der Waals surface area contributed by atoms with E-state index in [0.717, 1.165) is 14.9 Å². The first-order chi connectivity index (χ1) is 8.09. The van der Waals surface area contributed by atoms with Crippen LogP contribution in [0.25, 0.3) is 10.4 Å². The van der Waals surface area contributed by atoms with Crippen molar-refractivity contribution in [1.29, 1.82) is 0 Å². The lowest BCUT2D eigenvalue weighted by Crippen LogP contribution is -2.22. The van der Waals surface area contributed by atoms with Crippen molar-refractivity contribution in [2.75, 3.05) is 14.1 Å². The Bertz CT molecular complexity index is 534. The van der Waals surface area contributed by atoms with Gasteiger partial charge in [-0.25, -0.2) is 4.98 Å². The fourth-order valence-electron chi connectivity index (χ4n) is 1.42. The van der Waals surface area contributed by atoms with Crippen molar-refractivity contribution in [1.82, 2.24) is 9.88 Å². The molecular weight excluding hydrogens is 300 g/mol. The summed E-state index contributed by atoms with van der Waals surface area (Å²) in [7, 11) is 3.46. The first-order valence-corrected chi connectivity index (χ1v) is 6.68. The van der Waals surface area contributed by atoms with Gasteiger partial charge in [-0.2, -0.15) is 0 Å². The highest BCUT2D eigenvalue weighted by molar-refractivity contribution is 9.10. The predicted octanol–water partition coefficient (Wildman–Crippen LogP) is 3.27. The molecular formula is C12H11BrN2OS. The molecule has 88 valence electrons. The van der Waals surface area contributed by atoms with Gasteiger partial charge in [-0.15, -0.1) is 11.3 Å². The van der Waals surface area contributed by atoms with Crippen LogP contribution >= 0.6 is 27.3 Å². The number of nitrogens with zero attached hydrogens (tertiary/aromatic N) is 2. The van der Waals surface area contributed by atoms with Crippen molar-refractivity contribution in [2.45, 2.75) is 0 Å². The third kappa shape index (κ3) is 2.56. The van der Waals surface area contributed by atoms with Gasteiger partial charge >= 0.3 is 0 Å². The van der Waals surface area contributed by atoms with Crippen LogP contribution in [0, 0.1) is 0 Å². The summed E-state index contributed by atoms with van der Waals surface area (Å²) in [5.41, 5.74) is 3.23. The second kappa shape index (κ2) is 4.98. The maximum atomic E-state index is 11.9. The Labute approximate surface area is 112 Å². The monoisotopic (exact) mass is 310 g/mol. The number of amides is 1. The van der Waals surface area contributed by atoms with Crippen LogP contribution in [0.15, 0.2) is 34.2 Å². The summed E-state index contributed by atoms with van der Waals surface area (Å²) in [4.78, 5) is 18.5. The third-order valence-corrected chi connectivity index (χ3v) is 3.69. The van der Waals surface area contributed by atoms with Gasteiger partial charge in [0.1, 0.15) is 5.69 Å². The SMILES string of the molecule is CN(C)C(=O)c1ncsc1-c1ccc(Br)cc1. The lowest BCUT2D eigenvalue weighted by molar-refractivity contribution is 0.0823. The van der Waals surface area contributed by atoms with Gasteiger partial charge in [-0.05, 0) is 17.7 Å². The maximum Gasteiger partial charge on any atom is 0.273 e. The molecule has 0 saturated carbocycles. The van der Waals surface area contributed by atoms with Crippen LogP contribution in [0.4, 0.5) is 0 Å². The predicted molar refractivity (Wildman–Crippen MR) is 73.3 cm³/mol. The van der Waals surface area contributed by atoms with Gasteiger partial charge in [0.05, 0.1) is 10.4 Å². The van der Waals surface area contributed by atoms with Crippen LogP contribution in [-0.4, -0.2) is 29.9 Å². The normalized spacial score (nSPS) is 10.3. The van der Waals surface area contributed by atoms with E-state index in [2.05, 4.69) is 20.9 Å². The van der Waals surface area contributed by atoms with Gasteiger partial charge in [0, 0.05) is 18.6 Å². The number of halogens is 1. The average molecular weight is 311 g/mol. The molecule has 0 aliphatic carbocycles. The summed E-state index contributed by atoms with van der Waals surface area (Å²) in [6, 6.07) is 7.87. The summed E-state index contributed by atoms with van der Waals surface area (Å²) in [5.74, 6) is -0.0656.